The number of hydrogen-bond acceptors (Lipinski definition) is 3. The lowest BCUT2D eigenvalue weighted by atomic mass is 10.1. The summed E-state index contributed by atoms with van der Waals surface area (Å²) in [5, 5.41) is 2.74. The Morgan fingerprint density at radius 3 is 2.60 bits per heavy atom. The molecule has 0 aliphatic heterocycles. The molecule has 4 nitrogen and oxygen atoms in total. The SMILES string of the molecule is CCOC(=NC(C)C(C)C)NC(=O)c1cccc(C)c1. The number of hydrogen-bond donors (Lipinski definition) is 1. The Morgan fingerprint density at radius 2 is 2.05 bits per heavy atom. The van der Waals surface area contributed by atoms with Gasteiger partial charge in [-0.1, -0.05) is 31.5 Å². The van der Waals surface area contributed by atoms with Crippen LogP contribution < -0.4 is 5.32 Å². The number of ether oxygens (including phenoxy) is 1. The molecule has 1 aromatic rings. The van der Waals surface area contributed by atoms with Crippen molar-refractivity contribution in [1.29, 1.82) is 0 Å². The zero-order valence-electron chi connectivity index (χ0n) is 12.9. The van der Waals surface area contributed by atoms with Crippen molar-refractivity contribution in [2.24, 2.45) is 10.9 Å². The fourth-order valence-electron chi connectivity index (χ4n) is 1.53. The van der Waals surface area contributed by atoms with Gasteiger partial charge in [0.05, 0.1) is 12.6 Å². The van der Waals surface area contributed by atoms with Crippen molar-refractivity contribution >= 4 is 11.9 Å². The van der Waals surface area contributed by atoms with Crippen molar-refractivity contribution in [2.45, 2.75) is 40.7 Å². The fourth-order valence-corrected chi connectivity index (χ4v) is 1.53. The molecule has 20 heavy (non-hydrogen) atoms. The minimum absolute atomic E-state index is 0.0920. The van der Waals surface area contributed by atoms with Crippen molar-refractivity contribution in [3.8, 4) is 0 Å². The first-order valence-corrected chi connectivity index (χ1v) is 7.02. The third-order valence-corrected chi connectivity index (χ3v) is 3.07. The first kappa shape index (κ1) is 16.2. The normalized spacial score (nSPS) is 13.2. The summed E-state index contributed by atoms with van der Waals surface area (Å²) in [6.45, 7) is 10.5. The van der Waals surface area contributed by atoms with Gasteiger partial charge in [-0.05, 0) is 38.8 Å². The second-order valence-corrected chi connectivity index (χ2v) is 5.18. The van der Waals surface area contributed by atoms with E-state index in [1.54, 1.807) is 6.07 Å². The van der Waals surface area contributed by atoms with Crippen LogP contribution >= 0.6 is 0 Å². The third-order valence-electron chi connectivity index (χ3n) is 3.07. The first-order chi connectivity index (χ1) is 9.43. The van der Waals surface area contributed by atoms with Crippen LogP contribution in [-0.4, -0.2) is 24.6 Å². The average Bonchev–Trinajstić information content (AvgIpc) is 2.38. The minimum Gasteiger partial charge on any atom is -0.465 e. The molecule has 0 heterocycles. The van der Waals surface area contributed by atoms with Crippen molar-refractivity contribution in [3.05, 3.63) is 35.4 Å². The van der Waals surface area contributed by atoms with Gasteiger partial charge in [0.2, 0.25) is 0 Å². The highest BCUT2D eigenvalue weighted by molar-refractivity contribution is 6.04. The third kappa shape index (κ3) is 5.03. The first-order valence-electron chi connectivity index (χ1n) is 7.02. The van der Waals surface area contributed by atoms with Crippen LogP contribution in [0, 0.1) is 12.8 Å². The highest BCUT2D eigenvalue weighted by Gasteiger charge is 2.12. The summed E-state index contributed by atoms with van der Waals surface area (Å²) in [5.41, 5.74) is 1.65. The molecule has 1 atom stereocenters. The van der Waals surface area contributed by atoms with E-state index in [-0.39, 0.29) is 11.9 Å². The maximum atomic E-state index is 12.2. The number of carbonyl (C=O) groups is 1. The van der Waals surface area contributed by atoms with Crippen molar-refractivity contribution < 1.29 is 9.53 Å². The van der Waals surface area contributed by atoms with Crippen LogP contribution in [0.4, 0.5) is 0 Å². The summed E-state index contributed by atoms with van der Waals surface area (Å²) in [6, 6.07) is 7.81. The van der Waals surface area contributed by atoms with Gasteiger partial charge in [-0.15, -0.1) is 0 Å². The van der Waals surface area contributed by atoms with Crippen molar-refractivity contribution in [3.63, 3.8) is 0 Å². The monoisotopic (exact) mass is 276 g/mol. The second-order valence-electron chi connectivity index (χ2n) is 5.18. The molecule has 0 aliphatic rings. The van der Waals surface area contributed by atoms with Crippen LogP contribution in [0.5, 0.6) is 0 Å². The molecule has 0 radical (unpaired) electrons. The van der Waals surface area contributed by atoms with Crippen LogP contribution in [-0.2, 0) is 4.74 Å². The molecule has 0 spiro atoms. The predicted octanol–water partition coefficient (Wildman–Crippen LogP) is 3.16. The van der Waals surface area contributed by atoms with Crippen LogP contribution in [0.15, 0.2) is 29.3 Å². The van der Waals surface area contributed by atoms with Gasteiger partial charge in [-0.25, -0.2) is 4.99 Å². The molecule has 1 unspecified atom stereocenters. The minimum atomic E-state index is -0.197. The summed E-state index contributed by atoms with van der Waals surface area (Å²) in [7, 11) is 0. The van der Waals surface area contributed by atoms with E-state index in [0.717, 1.165) is 5.56 Å². The van der Waals surface area contributed by atoms with Crippen LogP contribution in [0.3, 0.4) is 0 Å². The predicted molar refractivity (Wildman–Crippen MR) is 82.0 cm³/mol. The molecule has 0 saturated carbocycles. The van der Waals surface area contributed by atoms with Gasteiger partial charge in [0, 0.05) is 5.56 Å². The lowest BCUT2D eigenvalue weighted by molar-refractivity contribution is 0.0966. The Labute approximate surface area is 121 Å². The number of nitrogens with zero attached hydrogens (tertiary/aromatic N) is 1. The fraction of sp³-hybridized carbons (Fsp3) is 0.500. The van der Waals surface area contributed by atoms with E-state index in [2.05, 4.69) is 24.2 Å². The van der Waals surface area contributed by atoms with E-state index in [0.29, 0.717) is 24.1 Å². The van der Waals surface area contributed by atoms with E-state index in [4.69, 9.17) is 4.74 Å². The summed E-state index contributed by atoms with van der Waals surface area (Å²) in [6.07, 6.45) is 0. The van der Waals surface area contributed by atoms with Crippen molar-refractivity contribution in [1.82, 2.24) is 5.32 Å². The van der Waals surface area contributed by atoms with E-state index in [1.807, 2.05) is 39.0 Å². The highest BCUT2D eigenvalue weighted by Crippen LogP contribution is 2.06. The molecule has 110 valence electrons. The molecular formula is C16H24N2O2. The molecule has 1 aromatic carbocycles. The molecule has 0 saturated heterocycles. The number of carbonyl (C=O) groups excluding carboxylic acids is 1. The van der Waals surface area contributed by atoms with Crippen LogP contribution in [0.2, 0.25) is 0 Å². The number of nitrogens with one attached hydrogen (secondary N) is 1. The van der Waals surface area contributed by atoms with Crippen molar-refractivity contribution in [2.75, 3.05) is 6.61 Å². The standard InChI is InChI=1S/C16H24N2O2/c1-6-20-16(17-13(5)11(2)3)18-15(19)14-9-7-8-12(4)10-14/h7-11,13H,6H2,1-5H3,(H,17,18,19). The second kappa shape index (κ2) is 7.68. The van der Waals surface area contributed by atoms with E-state index < -0.39 is 0 Å². The number of aryl methyl sites for hydroxylation is 1. The lowest BCUT2D eigenvalue weighted by Crippen LogP contribution is -2.34. The van der Waals surface area contributed by atoms with Gasteiger partial charge in [0.1, 0.15) is 0 Å². The zero-order chi connectivity index (χ0) is 15.1. The molecule has 0 fully saturated rings. The summed E-state index contributed by atoms with van der Waals surface area (Å²) < 4.78 is 5.40. The quantitative estimate of drug-likeness (QED) is 0.678. The average molecular weight is 276 g/mol. The number of amides is 1. The molecule has 0 aromatic heterocycles. The molecule has 4 heteroatoms. The van der Waals surface area contributed by atoms with E-state index in [9.17, 15) is 4.79 Å². The molecule has 1 amide bonds. The maximum Gasteiger partial charge on any atom is 0.291 e. The largest absolute Gasteiger partial charge is 0.465 e. The van der Waals surface area contributed by atoms with Crippen LogP contribution in [0.25, 0.3) is 0 Å². The number of aliphatic imine (C=N–C) groups is 1. The Kier molecular flexibility index (Phi) is 6.22. The molecular weight excluding hydrogens is 252 g/mol. The Hall–Kier alpha value is -1.84. The number of rotatable bonds is 4. The Balaban J connectivity index is 2.82. The van der Waals surface area contributed by atoms with E-state index >= 15 is 0 Å². The highest BCUT2D eigenvalue weighted by atomic mass is 16.5. The van der Waals surface area contributed by atoms with Crippen LogP contribution in [0.1, 0.15) is 43.6 Å². The molecule has 0 aliphatic carbocycles. The molecule has 1 N–H and O–H groups in total. The Bertz CT molecular complexity index is 481. The van der Waals surface area contributed by atoms with Gasteiger partial charge in [0.25, 0.3) is 11.9 Å². The lowest BCUT2D eigenvalue weighted by Gasteiger charge is -2.14. The van der Waals surface area contributed by atoms with Gasteiger partial charge in [-0.3, -0.25) is 10.1 Å². The zero-order valence-corrected chi connectivity index (χ0v) is 12.9. The summed E-state index contributed by atoms with van der Waals surface area (Å²) >= 11 is 0. The summed E-state index contributed by atoms with van der Waals surface area (Å²) in [5.74, 6) is 0.193. The van der Waals surface area contributed by atoms with Gasteiger partial charge < -0.3 is 4.74 Å². The smallest absolute Gasteiger partial charge is 0.291 e. The molecule has 1 rings (SSSR count). The number of benzene rings is 1. The van der Waals surface area contributed by atoms with Gasteiger partial charge >= 0.3 is 0 Å². The van der Waals surface area contributed by atoms with Gasteiger partial charge in [-0.2, -0.15) is 0 Å². The number of amidine groups is 1. The molecule has 0 bridgehead atoms. The maximum absolute atomic E-state index is 12.2. The Morgan fingerprint density at radius 1 is 1.35 bits per heavy atom. The summed E-state index contributed by atoms with van der Waals surface area (Å²) in [4.78, 5) is 16.6. The topological polar surface area (TPSA) is 50.7 Å². The van der Waals surface area contributed by atoms with Gasteiger partial charge in [0.15, 0.2) is 0 Å². The van der Waals surface area contributed by atoms with E-state index in [1.165, 1.54) is 0 Å².